The van der Waals surface area contributed by atoms with Gasteiger partial charge in [0, 0.05) is 57.4 Å². The quantitative estimate of drug-likeness (QED) is 0.640. The van der Waals surface area contributed by atoms with Gasteiger partial charge in [0.15, 0.2) is 9.84 Å². The number of nitrogens with zero attached hydrogens (tertiary/aromatic N) is 4. The lowest BCUT2D eigenvalue weighted by Crippen LogP contribution is -2.49. The molecule has 0 aliphatic carbocycles. The minimum Gasteiger partial charge on any atom is -0.378 e. The topological polar surface area (TPSA) is 83.0 Å². The van der Waals surface area contributed by atoms with Gasteiger partial charge in [-0.25, -0.2) is 13.4 Å². The van der Waals surface area contributed by atoms with Gasteiger partial charge in [-0.15, -0.1) is 0 Å². The Kier molecular flexibility index (Phi) is 6.72. The van der Waals surface area contributed by atoms with E-state index >= 15 is 0 Å². The van der Waals surface area contributed by atoms with Crippen molar-refractivity contribution < 1.29 is 31.1 Å². The Morgan fingerprint density at radius 3 is 2.21 bits per heavy atom. The fraction of sp³-hybridized carbons (Fsp3) is 0.455. The summed E-state index contributed by atoms with van der Waals surface area (Å²) in [5.41, 5.74) is 0.157. The monoisotopic (exact) mass is 498 g/mol. The zero-order valence-electron chi connectivity index (χ0n) is 18.6. The van der Waals surface area contributed by atoms with Crippen molar-refractivity contribution in [1.82, 2.24) is 9.88 Å². The van der Waals surface area contributed by atoms with Gasteiger partial charge in [0.2, 0.25) is 0 Å². The molecule has 1 amide bonds. The fourth-order valence-electron chi connectivity index (χ4n) is 4.05. The molecule has 8 nitrogen and oxygen atoms in total. The van der Waals surface area contributed by atoms with E-state index in [0.717, 1.165) is 18.5 Å². The Hall–Kier alpha value is -2.86. The third-order valence-corrected chi connectivity index (χ3v) is 7.05. The zero-order valence-corrected chi connectivity index (χ0v) is 19.4. The molecule has 1 aromatic heterocycles. The summed E-state index contributed by atoms with van der Waals surface area (Å²) in [6, 6.07) is 6.91. The molecule has 184 valence electrons. The van der Waals surface area contributed by atoms with Crippen LogP contribution in [-0.2, 0) is 20.8 Å². The highest BCUT2D eigenvalue weighted by atomic mass is 32.2. The summed E-state index contributed by atoms with van der Waals surface area (Å²) in [6.45, 7) is 3.64. The molecule has 0 unspecified atom stereocenters. The maximum Gasteiger partial charge on any atom is 0.417 e. The van der Waals surface area contributed by atoms with Crippen molar-refractivity contribution in [3.05, 3.63) is 47.7 Å². The molecule has 3 heterocycles. The number of hydrogen-bond donors (Lipinski definition) is 0. The van der Waals surface area contributed by atoms with Crippen LogP contribution < -0.4 is 9.80 Å². The summed E-state index contributed by atoms with van der Waals surface area (Å²) in [5.74, 6) is 0.125. The predicted molar refractivity (Wildman–Crippen MR) is 120 cm³/mol. The van der Waals surface area contributed by atoms with Gasteiger partial charge in [-0.2, -0.15) is 13.2 Å². The second-order valence-electron chi connectivity index (χ2n) is 8.23. The van der Waals surface area contributed by atoms with Crippen LogP contribution in [-0.4, -0.2) is 82.9 Å². The number of rotatable bonds is 4. The Morgan fingerprint density at radius 1 is 0.971 bits per heavy atom. The first kappa shape index (κ1) is 24.3. The van der Waals surface area contributed by atoms with Crippen molar-refractivity contribution in [3.8, 4) is 0 Å². The number of pyridine rings is 1. The number of amides is 1. The van der Waals surface area contributed by atoms with E-state index in [1.54, 1.807) is 11.0 Å². The second kappa shape index (κ2) is 9.41. The molecule has 2 aliphatic rings. The maximum absolute atomic E-state index is 13.5. The van der Waals surface area contributed by atoms with Crippen molar-refractivity contribution in [2.24, 2.45) is 0 Å². The lowest BCUT2D eigenvalue weighted by molar-refractivity contribution is -0.137. The molecule has 2 fully saturated rings. The Bertz CT molecular complexity index is 1140. The fourth-order valence-corrected chi connectivity index (χ4v) is 4.69. The number of carbonyl (C=O) groups is 1. The van der Waals surface area contributed by atoms with Crippen molar-refractivity contribution in [3.63, 3.8) is 0 Å². The number of halogens is 3. The Balaban J connectivity index is 1.52. The average Bonchev–Trinajstić information content (AvgIpc) is 2.83. The van der Waals surface area contributed by atoms with Crippen LogP contribution in [0.4, 0.5) is 24.7 Å². The highest BCUT2D eigenvalue weighted by molar-refractivity contribution is 7.90. The molecule has 34 heavy (non-hydrogen) atoms. The number of sulfone groups is 1. The van der Waals surface area contributed by atoms with E-state index < -0.39 is 21.6 Å². The molecule has 0 radical (unpaired) electrons. The molecule has 2 aliphatic heterocycles. The van der Waals surface area contributed by atoms with E-state index in [1.807, 2.05) is 9.80 Å². The largest absolute Gasteiger partial charge is 0.417 e. The van der Waals surface area contributed by atoms with Gasteiger partial charge in [-0.1, -0.05) is 0 Å². The molecule has 0 bridgehead atoms. The first-order valence-corrected chi connectivity index (χ1v) is 12.7. The smallest absolute Gasteiger partial charge is 0.378 e. The van der Waals surface area contributed by atoms with Crippen molar-refractivity contribution in [2.75, 3.05) is 68.5 Å². The van der Waals surface area contributed by atoms with Crippen LogP contribution in [0.15, 0.2) is 41.4 Å². The zero-order chi connectivity index (χ0) is 24.5. The number of piperazine rings is 1. The lowest BCUT2D eigenvalue weighted by atomic mass is 10.1. The van der Waals surface area contributed by atoms with E-state index in [1.165, 1.54) is 18.2 Å². The van der Waals surface area contributed by atoms with Crippen LogP contribution in [0.25, 0.3) is 0 Å². The highest BCUT2D eigenvalue weighted by Gasteiger charge is 2.32. The summed E-state index contributed by atoms with van der Waals surface area (Å²) in [7, 11) is -3.51. The third kappa shape index (κ3) is 5.27. The van der Waals surface area contributed by atoms with E-state index in [9.17, 15) is 26.4 Å². The molecule has 2 saturated heterocycles. The Labute approximate surface area is 195 Å². The molecule has 1 aromatic carbocycles. The molecular formula is C22H25F3N4O4S. The maximum atomic E-state index is 13.5. The molecule has 4 rings (SSSR count). The van der Waals surface area contributed by atoms with Gasteiger partial charge in [0.05, 0.1) is 29.2 Å². The highest BCUT2D eigenvalue weighted by Crippen LogP contribution is 2.30. The number of anilines is 2. The van der Waals surface area contributed by atoms with Crippen LogP contribution in [0.1, 0.15) is 15.9 Å². The summed E-state index contributed by atoms with van der Waals surface area (Å²) in [4.78, 5) is 22.9. The first-order valence-electron chi connectivity index (χ1n) is 10.8. The Morgan fingerprint density at radius 2 is 1.65 bits per heavy atom. The van der Waals surface area contributed by atoms with Gasteiger partial charge < -0.3 is 19.4 Å². The molecule has 0 saturated carbocycles. The summed E-state index contributed by atoms with van der Waals surface area (Å²) in [6.07, 6.45) is -2.55. The van der Waals surface area contributed by atoms with Gasteiger partial charge in [-0.3, -0.25) is 4.79 Å². The number of ether oxygens (including phenoxy) is 1. The normalized spacial score (nSPS) is 17.7. The SMILES string of the molecule is CS(=O)(=O)c1ccc(N2CCOCC2)c(C(=O)N2CCN(c3ccc(C(F)(F)F)cn3)CC2)c1. The average molecular weight is 499 g/mol. The molecule has 12 heteroatoms. The number of morpholine rings is 1. The second-order valence-corrected chi connectivity index (χ2v) is 10.2. The van der Waals surface area contributed by atoms with Crippen molar-refractivity contribution >= 4 is 27.2 Å². The number of alkyl halides is 3. The van der Waals surface area contributed by atoms with E-state index in [4.69, 9.17) is 4.74 Å². The summed E-state index contributed by atoms with van der Waals surface area (Å²) < 4.78 is 68.0. The third-order valence-electron chi connectivity index (χ3n) is 5.94. The van der Waals surface area contributed by atoms with Gasteiger partial charge in [-0.05, 0) is 30.3 Å². The minimum absolute atomic E-state index is 0.0699. The summed E-state index contributed by atoms with van der Waals surface area (Å²) in [5, 5.41) is 0. The number of hydrogen-bond acceptors (Lipinski definition) is 7. The summed E-state index contributed by atoms with van der Waals surface area (Å²) >= 11 is 0. The predicted octanol–water partition coefficient (Wildman–Crippen LogP) is 2.30. The van der Waals surface area contributed by atoms with Gasteiger partial charge in [0.25, 0.3) is 5.91 Å². The van der Waals surface area contributed by atoms with Crippen LogP contribution in [0.5, 0.6) is 0 Å². The lowest BCUT2D eigenvalue weighted by Gasteiger charge is -2.37. The number of benzene rings is 1. The number of aromatic nitrogens is 1. The van der Waals surface area contributed by atoms with Gasteiger partial charge >= 0.3 is 6.18 Å². The standard InChI is InChI=1S/C22H25F3N4O4S/c1-34(31,32)17-3-4-19(27-10-12-33-13-11-27)18(14-17)21(30)29-8-6-28(7-9-29)20-5-2-16(15-26-20)22(23,24)25/h2-5,14-15H,6-13H2,1H3. The van der Waals surface area contributed by atoms with Crippen LogP contribution in [0, 0.1) is 0 Å². The first-order chi connectivity index (χ1) is 16.0. The van der Waals surface area contributed by atoms with Crippen molar-refractivity contribution in [1.29, 1.82) is 0 Å². The van der Waals surface area contributed by atoms with Crippen molar-refractivity contribution in [2.45, 2.75) is 11.1 Å². The van der Waals surface area contributed by atoms with Gasteiger partial charge in [0.1, 0.15) is 5.82 Å². The van der Waals surface area contributed by atoms with E-state index in [0.29, 0.717) is 69.6 Å². The molecule has 0 N–H and O–H groups in total. The number of carbonyl (C=O) groups excluding carboxylic acids is 1. The molecule has 0 atom stereocenters. The van der Waals surface area contributed by atoms with E-state index in [-0.39, 0.29) is 10.8 Å². The van der Waals surface area contributed by atoms with Crippen LogP contribution >= 0.6 is 0 Å². The van der Waals surface area contributed by atoms with Crippen LogP contribution in [0.3, 0.4) is 0 Å². The minimum atomic E-state index is -4.45. The van der Waals surface area contributed by atoms with E-state index in [2.05, 4.69) is 4.98 Å². The molecular weight excluding hydrogens is 473 g/mol. The molecule has 0 spiro atoms. The molecule has 2 aromatic rings. The van der Waals surface area contributed by atoms with Crippen LogP contribution in [0.2, 0.25) is 0 Å².